The highest BCUT2D eigenvalue weighted by Gasteiger charge is 2.33. The standard InChI is InChI=1S/C9H8Cl2/c10-9(11)6-5-7-3-1-2-4-8(7)9/h1-4H,5-6H2. The summed E-state index contributed by atoms with van der Waals surface area (Å²) < 4.78 is -0.628. The summed E-state index contributed by atoms with van der Waals surface area (Å²) in [5, 5.41) is 0. The van der Waals surface area contributed by atoms with Crippen molar-refractivity contribution in [1.82, 2.24) is 0 Å². The van der Waals surface area contributed by atoms with Gasteiger partial charge < -0.3 is 0 Å². The molecule has 0 unspecified atom stereocenters. The molecular formula is C9H8Cl2. The van der Waals surface area contributed by atoms with E-state index in [9.17, 15) is 0 Å². The SMILES string of the molecule is ClC1(Cl)CCc2ccccc21. The maximum Gasteiger partial charge on any atom is 0.143 e. The van der Waals surface area contributed by atoms with Crippen LogP contribution in [0.5, 0.6) is 0 Å². The third-order valence-corrected chi connectivity index (χ3v) is 2.90. The zero-order valence-corrected chi connectivity index (χ0v) is 7.49. The lowest BCUT2D eigenvalue weighted by Gasteiger charge is -2.11. The maximum atomic E-state index is 6.06. The smallest absolute Gasteiger partial charge is 0.0963 e. The molecule has 0 heterocycles. The Labute approximate surface area is 76.1 Å². The van der Waals surface area contributed by atoms with Crippen molar-refractivity contribution in [3.8, 4) is 0 Å². The molecule has 0 saturated heterocycles. The van der Waals surface area contributed by atoms with Crippen molar-refractivity contribution in [2.75, 3.05) is 0 Å². The number of hydrogen-bond acceptors (Lipinski definition) is 0. The molecule has 0 N–H and O–H groups in total. The van der Waals surface area contributed by atoms with Crippen LogP contribution >= 0.6 is 23.2 Å². The monoisotopic (exact) mass is 186 g/mol. The van der Waals surface area contributed by atoms with E-state index in [1.807, 2.05) is 18.2 Å². The van der Waals surface area contributed by atoms with Crippen molar-refractivity contribution >= 4 is 23.2 Å². The van der Waals surface area contributed by atoms with Crippen LogP contribution in [-0.4, -0.2) is 0 Å². The lowest BCUT2D eigenvalue weighted by atomic mass is 10.1. The number of aryl methyl sites for hydroxylation is 1. The molecule has 0 saturated carbocycles. The molecule has 1 aliphatic carbocycles. The summed E-state index contributed by atoms with van der Waals surface area (Å²) in [6.07, 6.45) is 1.85. The van der Waals surface area contributed by atoms with Crippen molar-refractivity contribution in [3.05, 3.63) is 35.4 Å². The molecule has 1 aliphatic rings. The average molecular weight is 187 g/mol. The van der Waals surface area contributed by atoms with Gasteiger partial charge in [0.05, 0.1) is 0 Å². The molecule has 58 valence electrons. The molecule has 0 fully saturated rings. The van der Waals surface area contributed by atoms with Gasteiger partial charge in [-0.05, 0) is 24.0 Å². The quantitative estimate of drug-likeness (QED) is 0.547. The summed E-state index contributed by atoms with van der Waals surface area (Å²) in [5.41, 5.74) is 2.38. The second-order valence-corrected chi connectivity index (χ2v) is 4.35. The van der Waals surface area contributed by atoms with E-state index in [4.69, 9.17) is 23.2 Å². The Balaban J connectivity index is 2.56. The van der Waals surface area contributed by atoms with E-state index in [2.05, 4.69) is 6.07 Å². The van der Waals surface area contributed by atoms with Crippen LogP contribution in [0, 0.1) is 0 Å². The van der Waals surface area contributed by atoms with Crippen LogP contribution in [-0.2, 0) is 10.8 Å². The highest BCUT2D eigenvalue weighted by molar-refractivity contribution is 6.48. The van der Waals surface area contributed by atoms with Gasteiger partial charge in [0.15, 0.2) is 0 Å². The van der Waals surface area contributed by atoms with Crippen LogP contribution in [0.15, 0.2) is 24.3 Å². The summed E-state index contributed by atoms with van der Waals surface area (Å²) in [4.78, 5) is 0. The van der Waals surface area contributed by atoms with E-state index in [0.717, 1.165) is 18.4 Å². The summed E-state index contributed by atoms with van der Waals surface area (Å²) in [6.45, 7) is 0. The molecule has 11 heavy (non-hydrogen) atoms. The first-order chi connectivity index (χ1) is 5.20. The molecule has 1 aromatic carbocycles. The van der Waals surface area contributed by atoms with Gasteiger partial charge in [-0.15, -0.1) is 0 Å². The van der Waals surface area contributed by atoms with Crippen LogP contribution in [0.4, 0.5) is 0 Å². The van der Waals surface area contributed by atoms with Gasteiger partial charge in [-0.3, -0.25) is 0 Å². The Hall–Kier alpha value is -0.200. The molecule has 2 heteroatoms. The van der Waals surface area contributed by atoms with Crippen LogP contribution in [0.1, 0.15) is 17.5 Å². The van der Waals surface area contributed by atoms with Gasteiger partial charge >= 0.3 is 0 Å². The second-order valence-electron chi connectivity index (χ2n) is 2.86. The van der Waals surface area contributed by atoms with E-state index in [1.165, 1.54) is 5.56 Å². The number of rotatable bonds is 0. The number of benzene rings is 1. The Kier molecular flexibility index (Phi) is 1.62. The molecule has 0 spiro atoms. The fourth-order valence-corrected chi connectivity index (χ4v) is 2.08. The van der Waals surface area contributed by atoms with E-state index < -0.39 is 4.33 Å². The van der Waals surface area contributed by atoms with Gasteiger partial charge in [-0.1, -0.05) is 47.5 Å². The van der Waals surface area contributed by atoms with E-state index in [0.29, 0.717) is 0 Å². The third kappa shape index (κ3) is 1.15. The van der Waals surface area contributed by atoms with Gasteiger partial charge in [0.25, 0.3) is 0 Å². The summed E-state index contributed by atoms with van der Waals surface area (Å²) in [7, 11) is 0. The number of alkyl halides is 2. The summed E-state index contributed by atoms with van der Waals surface area (Å²) in [6, 6.07) is 8.09. The first kappa shape index (κ1) is 7.45. The van der Waals surface area contributed by atoms with E-state index >= 15 is 0 Å². The third-order valence-electron chi connectivity index (χ3n) is 2.12. The molecule has 0 atom stereocenters. The predicted octanol–water partition coefficient (Wildman–Crippen LogP) is 3.26. The first-order valence-corrected chi connectivity index (χ1v) is 4.42. The normalized spacial score (nSPS) is 19.8. The maximum absolute atomic E-state index is 6.06. The molecule has 0 bridgehead atoms. The minimum Gasteiger partial charge on any atom is -0.0963 e. The fraction of sp³-hybridized carbons (Fsp3) is 0.333. The molecule has 0 amide bonds. The Morgan fingerprint density at radius 1 is 1.18 bits per heavy atom. The lowest BCUT2D eigenvalue weighted by molar-refractivity contribution is 0.814. The highest BCUT2D eigenvalue weighted by atomic mass is 35.5. The van der Waals surface area contributed by atoms with Crippen LogP contribution in [0.2, 0.25) is 0 Å². The molecule has 2 rings (SSSR count). The van der Waals surface area contributed by atoms with Gasteiger partial charge in [-0.2, -0.15) is 0 Å². The predicted molar refractivity (Wildman–Crippen MR) is 48.1 cm³/mol. The molecule has 0 aliphatic heterocycles. The lowest BCUT2D eigenvalue weighted by Crippen LogP contribution is -2.03. The molecular weight excluding hydrogens is 179 g/mol. The van der Waals surface area contributed by atoms with Crippen molar-refractivity contribution in [1.29, 1.82) is 0 Å². The summed E-state index contributed by atoms with van der Waals surface area (Å²) >= 11 is 12.1. The van der Waals surface area contributed by atoms with Crippen molar-refractivity contribution in [2.24, 2.45) is 0 Å². The molecule has 1 aromatic rings. The topological polar surface area (TPSA) is 0 Å². The minimum absolute atomic E-state index is 0.628. The van der Waals surface area contributed by atoms with Gasteiger partial charge in [0.1, 0.15) is 4.33 Å². The van der Waals surface area contributed by atoms with Crippen molar-refractivity contribution < 1.29 is 0 Å². The largest absolute Gasteiger partial charge is 0.143 e. The zero-order chi connectivity index (χ0) is 7.90. The zero-order valence-electron chi connectivity index (χ0n) is 5.98. The van der Waals surface area contributed by atoms with Gasteiger partial charge in [0.2, 0.25) is 0 Å². The average Bonchev–Trinajstić information content (AvgIpc) is 2.29. The molecule has 0 aromatic heterocycles. The first-order valence-electron chi connectivity index (χ1n) is 3.66. The Bertz CT molecular complexity index is 279. The Morgan fingerprint density at radius 3 is 2.64 bits per heavy atom. The minimum atomic E-state index is -0.628. The van der Waals surface area contributed by atoms with Crippen LogP contribution in [0.25, 0.3) is 0 Å². The summed E-state index contributed by atoms with van der Waals surface area (Å²) in [5.74, 6) is 0. The van der Waals surface area contributed by atoms with Crippen LogP contribution < -0.4 is 0 Å². The number of fused-ring (bicyclic) bond motifs is 1. The van der Waals surface area contributed by atoms with E-state index in [-0.39, 0.29) is 0 Å². The number of halogens is 2. The van der Waals surface area contributed by atoms with Gasteiger partial charge in [-0.25, -0.2) is 0 Å². The van der Waals surface area contributed by atoms with Crippen molar-refractivity contribution in [2.45, 2.75) is 17.2 Å². The Morgan fingerprint density at radius 2 is 1.91 bits per heavy atom. The highest BCUT2D eigenvalue weighted by Crippen LogP contribution is 2.45. The molecule has 0 radical (unpaired) electrons. The second kappa shape index (κ2) is 2.40. The van der Waals surface area contributed by atoms with Crippen LogP contribution in [0.3, 0.4) is 0 Å². The van der Waals surface area contributed by atoms with E-state index in [1.54, 1.807) is 0 Å². The molecule has 0 nitrogen and oxygen atoms in total. The van der Waals surface area contributed by atoms with Gasteiger partial charge in [0, 0.05) is 0 Å². The van der Waals surface area contributed by atoms with Crippen molar-refractivity contribution in [3.63, 3.8) is 0 Å². The fourth-order valence-electron chi connectivity index (χ4n) is 1.52. The number of hydrogen-bond donors (Lipinski definition) is 0.